The molecule has 0 spiro atoms. The van der Waals surface area contributed by atoms with Gasteiger partial charge in [-0.2, -0.15) is 13.2 Å². The van der Waals surface area contributed by atoms with Gasteiger partial charge in [-0.1, -0.05) is 44.2 Å². The maximum atomic E-state index is 13.7. The van der Waals surface area contributed by atoms with Crippen LogP contribution in [0.5, 0.6) is 0 Å². The number of hydrogen-bond acceptors (Lipinski definition) is 12. The number of aromatic amines is 1. The average Bonchev–Trinajstić information content (AvgIpc) is 3.67. The molecular weight excluding hydrogens is 760 g/mol. The number of aromatic nitrogens is 2. The fourth-order valence-electron chi connectivity index (χ4n) is 4.47. The van der Waals surface area contributed by atoms with Gasteiger partial charge in [0, 0.05) is 24.7 Å². The molecule has 2 aromatic rings. The summed E-state index contributed by atoms with van der Waals surface area (Å²) in [7, 11) is 2.20. The summed E-state index contributed by atoms with van der Waals surface area (Å²) in [5, 5.41) is 16.9. The fraction of sp³-hybridized carbons (Fsp3) is 0.500. The lowest BCUT2D eigenvalue weighted by molar-refractivity contribution is -0.192. The summed E-state index contributed by atoms with van der Waals surface area (Å²) >= 11 is 0. The number of carboxylic acids is 1. The quantitative estimate of drug-likeness (QED) is 0.0630. The SMILES string of the molecule is COC(=O)CC[C@H](NC(=O)[C@H](CC(C)C)NC(=O)OCc1ccccc1)C(=O)N[C@H](Cc1cnc[nH]1)C(=O)N[C@@H](CC(=O)OC)C(=O)CF.O=C(O)C(F)(F)F. The Morgan fingerprint density at radius 2 is 1.38 bits per heavy atom. The number of Topliss-reactive ketones (excluding diaryl/α,β-unsaturated/α-hetero) is 1. The molecule has 1 heterocycles. The van der Waals surface area contributed by atoms with Crippen LogP contribution in [0.3, 0.4) is 0 Å². The second-order valence-electron chi connectivity index (χ2n) is 12.2. The average molecular weight is 805 g/mol. The van der Waals surface area contributed by atoms with Gasteiger partial charge in [0.1, 0.15) is 37.4 Å². The number of ether oxygens (including phenoxy) is 3. The van der Waals surface area contributed by atoms with E-state index in [2.05, 4.69) is 40.7 Å². The van der Waals surface area contributed by atoms with E-state index in [1.807, 2.05) is 13.8 Å². The number of carboxylic acid groups (broad SMARTS) is 1. The molecule has 0 fully saturated rings. The van der Waals surface area contributed by atoms with E-state index >= 15 is 0 Å². The van der Waals surface area contributed by atoms with Crippen LogP contribution >= 0.6 is 0 Å². The van der Waals surface area contributed by atoms with Gasteiger partial charge >= 0.3 is 30.2 Å². The van der Waals surface area contributed by atoms with Crippen LogP contribution in [0, 0.1) is 5.92 Å². The van der Waals surface area contributed by atoms with Crippen LogP contribution < -0.4 is 21.3 Å². The zero-order valence-corrected chi connectivity index (χ0v) is 30.8. The van der Waals surface area contributed by atoms with Crippen LogP contribution in [0.15, 0.2) is 42.9 Å². The van der Waals surface area contributed by atoms with Crippen molar-refractivity contribution in [2.24, 2.45) is 5.92 Å². The molecule has 0 saturated heterocycles. The van der Waals surface area contributed by atoms with E-state index in [-0.39, 0.29) is 38.2 Å². The van der Waals surface area contributed by atoms with Gasteiger partial charge in [0.2, 0.25) is 17.7 Å². The lowest BCUT2D eigenvalue weighted by atomic mass is 10.0. The third-order valence-electron chi connectivity index (χ3n) is 7.32. The third kappa shape index (κ3) is 18.8. The molecule has 0 radical (unpaired) electrons. The summed E-state index contributed by atoms with van der Waals surface area (Å²) in [4.78, 5) is 105. The maximum Gasteiger partial charge on any atom is 0.490 e. The summed E-state index contributed by atoms with van der Waals surface area (Å²) in [5.41, 5.74) is 1.11. The number of carbonyl (C=O) groups is 8. The Bertz CT molecular complexity index is 1610. The van der Waals surface area contributed by atoms with Gasteiger partial charge in [0.25, 0.3) is 0 Å². The number of H-pyrrole nitrogens is 1. The molecular formula is C34H44F4N6O12. The van der Waals surface area contributed by atoms with Crippen LogP contribution in [0.1, 0.15) is 50.8 Å². The Balaban J connectivity index is 0.00000203. The Morgan fingerprint density at radius 3 is 1.89 bits per heavy atom. The number of amides is 4. The topological polar surface area (TPSA) is 261 Å². The lowest BCUT2D eigenvalue weighted by Gasteiger charge is -2.26. The zero-order valence-electron chi connectivity index (χ0n) is 30.8. The lowest BCUT2D eigenvalue weighted by Crippen LogP contribution is -2.58. The van der Waals surface area contributed by atoms with Gasteiger partial charge in [-0.3, -0.25) is 28.8 Å². The second-order valence-corrected chi connectivity index (χ2v) is 12.2. The number of esters is 2. The monoisotopic (exact) mass is 804 g/mol. The predicted molar refractivity (Wildman–Crippen MR) is 184 cm³/mol. The van der Waals surface area contributed by atoms with Gasteiger partial charge in [0.15, 0.2) is 5.78 Å². The number of nitrogens with one attached hydrogen (secondary N) is 5. The van der Waals surface area contributed by atoms with Gasteiger partial charge in [-0.05, 0) is 24.3 Å². The van der Waals surface area contributed by atoms with E-state index < -0.39 is 90.9 Å². The van der Waals surface area contributed by atoms with E-state index in [0.717, 1.165) is 19.8 Å². The number of rotatable bonds is 20. The number of ketones is 1. The van der Waals surface area contributed by atoms with Crippen molar-refractivity contribution in [3.05, 3.63) is 54.1 Å². The highest BCUT2D eigenvalue weighted by Gasteiger charge is 2.38. The van der Waals surface area contributed by atoms with Crippen molar-refractivity contribution >= 4 is 47.5 Å². The number of hydrogen-bond donors (Lipinski definition) is 6. The number of imidazole rings is 1. The number of alkyl halides is 4. The van der Waals surface area contributed by atoms with Crippen LogP contribution in [-0.4, -0.2) is 114 Å². The van der Waals surface area contributed by atoms with Crippen molar-refractivity contribution in [3.8, 4) is 0 Å². The molecule has 0 aliphatic carbocycles. The minimum atomic E-state index is -5.08. The molecule has 0 unspecified atom stereocenters. The molecule has 18 nitrogen and oxygen atoms in total. The minimum absolute atomic E-state index is 0.0515. The van der Waals surface area contributed by atoms with Crippen molar-refractivity contribution in [3.63, 3.8) is 0 Å². The van der Waals surface area contributed by atoms with Gasteiger partial charge in [0.05, 0.1) is 27.0 Å². The molecule has 310 valence electrons. The van der Waals surface area contributed by atoms with Crippen LogP contribution in [-0.2, 0) is 60.8 Å². The molecule has 0 aliphatic heterocycles. The Labute approximate surface area is 317 Å². The Hall–Kier alpha value is -6.09. The molecule has 4 atom stereocenters. The normalized spacial score (nSPS) is 12.9. The molecule has 4 amide bonds. The summed E-state index contributed by atoms with van der Waals surface area (Å²) in [6, 6.07) is 3.28. The van der Waals surface area contributed by atoms with Crippen molar-refractivity contribution in [1.82, 2.24) is 31.2 Å². The highest BCUT2D eigenvalue weighted by Crippen LogP contribution is 2.13. The smallest absolute Gasteiger partial charge is 0.475 e. The first-order chi connectivity index (χ1) is 26.3. The molecule has 0 aliphatic rings. The first kappa shape index (κ1) is 47.9. The molecule has 2 rings (SSSR count). The number of nitrogens with zero attached hydrogens (tertiary/aromatic N) is 1. The molecule has 1 aromatic heterocycles. The van der Waals surface area contributed by atoms with Crippen molar-refractivity contribution in [2.75, 3.05) is 20.9 Å². The Kier molecular flexibility index (Phi) is 20.8. The summed E-state index contributed by atoms with van der Waals surface area (Å²) in [6.07, 6.45) is -4.53. The first-order valence-corrected chi connectivity index (χ1v) is 16.7. The van der Waals surface area contributed by atoms with E-state index in [4.69, 9.17) is 14.6 Å². The van der Waals surface area contributed by atoms with Crippen LogP contribution in [0.4, 0.5) is 22.4 Å². The molecule has 6 N–H and O–H groups in total. The Morgan fingerprint density at radius 1 is 0.821 bits per heavy atom. The van der Waals surface area contributed by atoms with Crippen molar-refractivity contribution in [2.45, 2.75) is 82.9 Å². The maximum absolute atomic E-state index is 13.7. The highest BCUT2D eigenvalue weighted by atomic mass is 19.4. The standard InChI is InChI=1S/C32H43FN6O10.C2HF3O2/c1-19(2)12-24(39-32(46)49-17-20-8-6-5-7-9-20)30(44)36-22(10-11-27(41)47-3)29(43)38-25(13-21-16-34-18-35-21)31(45)37-23(26(40)15-33)14-28(42)48-4;3-2(4,5)1(6)7/h5-9,16,18-19,22-25H,10-15,17H2,1-4H3,(H,34,35)(H,36,44)(H,37,45)(H,38,43)(H,39,46);(H,6,7)/t22-,23-,24-,25+;/m0./s1. The van der Waals surface area contributed by atoms with Gasteiger partial charge in [-0.15, -0.1) is 0 Å². The summed E-state index contributed by atoms with van der Waals surface area (Å²) in [6.45, 7) is 2.10. The van der Waals surface area contributed by atoms with Crippen LogP contribution in [0.2, 0.25) is 0 Å². The second kappa shape index (κ2) is 24.3. The van der Waals surface area contributed by atoms with E-state index in [1.54, 1.807) is 30.3 Å². The van der Waals surface area contributed by atoms with Gasteiger partial charge < -0.3 is 45.6 Å². The highest BCUT2D eigenvalue weighted by molar-refractivity contribution is 5.97. The number of methoxy groups -OCH3 is 2. The zero-order chi connectivity index (χ0) is 42.4. The fourth-order valence-corrected chi connectivity index (χ4v) is 4.47. The van der Waals surface area contributed by atoms with Crippen molar-refractivity contribution in [1.29, 1.82) is 0 Å². The number of carbonyl (C=O) groups excluding carboxylic acids is 7. The third-order valence-corrected chi connectivity index (χ3v) is 7.32. The molecule has 56 heavy (non-hydrogen) atoms. The van der Waals surface area contributed by atoms with E-state index in [9.17, 15) is 51.1 Å². The largest absolute Gasteiger partial charge is 0.490 e. The van der Waals surface area contributed by atoms with Crippen LogP contribution in [0.25, 0.3) is 0 Å². The predicted octanol–water partition coefficient (Wildman–Crippen LogP) is 1.44. The summed E-state index contributed by atoms with van der Waals surface area (Å²) in [5.74, 6) is -8.15. The van der Waals surface area contributed by atoms with Gasteiger partial charge in [-0.25, -0.2) is 19.0 Å². The van der Waals surface area contributed by atoms with Crippen molar-refractivity contribution < 1.29 is 75.2 Å². The van der Waals surface area contributed by atoms with E-state index in [1.165, 1.54) is 12.5 Å². The first-order valence-electron chi connectivity index (χ1n) is 16.7. The number of aliphatic carboxylic acids is 1. The van der Waals surface area contributed by atoms with E-state index in [0.29, 0.717) is 5.69 Å². The molecule has 0 bridgehead atoms. The number of alkyl carbamates (subject to hydrolysis) is 1. The summed E-state index contributed by atoms with van der Waals surface area (Å²) < 4.78 is 59.5. The number of halogens is 4. The minimum Gasteiger partial charge on any atom is -0.475 e. The molecule has 22 heteroatoms. The molecule has 1 aromatic carbocycles. The molecule has 0 saturated carbocycles. The number of benzene rings is 1.